The molecule has 0 aromatic heterocycles. The standard InChI is InChI=1S/C16H22N2O4/c1-11(12-5-7-14(21-3)8-6-12)18-10-13(9-15(18)19)16(20)17(2)22-4/h5-8,11,13H,9-10H2,1-4H3/t11-,13-/m1/s1. The summed E-state index contributed by atoms with van der Waals surface area (Å²) in [5.41, 5.74) is 1.02. The minimum Gasteiger partial charge on any atom is -0.497 e. The Morgan fingerprint density at radius 2 is 1.95 bits per heavy atom. The van der Waals surface area contributed by atoms with Crippen molar-refractivity contribution in [3.63, 3.8) is 0 Å². The molecular formula is C16H22N2O4. The van der Waals surface area contributed by atoms with Crippen LogP contribution in [0.5, 0.6) is 5.75 Å². The molecule has 0 N–H and O–H groups in total. The van der Waals surface area contributed by atoms with Gasteiger partial charge >= 0.3 is 0 Å². The van der Waals surface area contributed by atoms with Crippen LogP contribution in [-0.2, 0) is 14.4 Å². The van der Waals surface area contributed by atoms with Gasteiger partial charge in [-0.15, -0.1) is 0 Å². The van der Waals surface area contributed by atoms with Gasteiger partial charge in [-0.05, 0) is 24.6 Å². The summed E-state index contributed by atoms with van der Waals surface area (Å²) in [6, 6.07) is 7.53. The first kappa shape index (κ1) is 16.3. The fraction of sp³-hybridized carbons (Fsp3) is 0.500. The summed E-state index contributed by atoms with van der Waals surface area (Å²) in [4.78, 5) is 31.0. The van der Waals surface area contributed by atoms with Crippen LogP contribution < -0.4 is 4.74 Å². The molecule has 1 aromatic rings. The van der Waals surface area contributed by atoms with Crippen molar-refractivity contribution >= 4 is 11.8 Å². The molecule has 120 valence electrons. The zero-order chi connectivity index (χ0) is 16.3. The Kier molecular flexibility index (Phi) is 5.03. The molecule has 1 fully saturated rings. The molecule has 6 heteroatoms. The molecule has 1 aromatic carbocycles. The Morgan fingerprint density at radius 3 is 2.50 bits per heavy atom. The van der Waals surface area contributed by atoms with Gasteiger partial charge in [0.25, 0.3) is 5.91 Å². The van der Waals surface area contributed by atoms with E-state index in [1.165, 1.54) is 12.2 Å². The van der Waals surface area contributed by atoms with E-state index in [1.54, 1.807) is 19.1 Å². The number of hydroxylamine groups is 2. The second kappa shape index (κ2) is 6.79. The van der Waals surface area contributed by atoms with Crippen molar-refractivity contribution < 1.29 is 19.2 Å². The fourth-order valence-electron chi connectivity index (χ4n) is 2.68. The Bertz CT molecular complexity index is 544. The van der Waals surface area contributed by atoms with Gasteiger partial charge < -0.3 is 9.64 Å². The summed E-state index contributed by atoms with van der Waals surface area (Å²) < 4.78 is 5.14. The van der Waals surface area contributed by atoms with Gasteiger partial charge in [0.2, 0.25) is 5.91 Å². The van der Waals surface area contributed by atoms with E-state index in [1.807, 2.05) is 31.2 Å². The number of methoxy groups -OCH3 is 1. The number of carbonyl (C=O) groups excluding carboxylic acids is 2. The summed E-state index contributed by atoms with van der Waals surface area (Å²) >= 11 is 0. The lowest BCUT2D eigenvalue weighted by Gasteiger charge is -2.25. The number of likely N-dealkylation sites (tertiary alicyclic amines) is 1. The molecule has 1 heterocycles. The number of hydrogen-bond donors (Lipinski definition) is 0. The molecule has 0 aliphatic carbocycles. The molecule has 0 spiro atoms. The Hall–Kier alpha value is -2.08. The van der Waals surface area contributed by atoms with Crippen LogP contribution in [-0.4, -0.2) is 49.6 Å². The highest BCUT2D eigenvalue weighted by Crippen LogP contribution is 2.30. The maximum atomic E-state index is 12.2. The van der Waals surface area contributed by atoms with Crippen LogP contribution in [0.25, 0.3) is 0 Å². The lowest BCUT2D eigenvalue weighted by Crippen LogP contribution is -2.34. The van der Waals surface area contributed by atoms with Crippen LogP contribution in [0.4, 0.5) is 0 Å². The number of ether oxygens (including phenoxy) is 1. The molecule has 2 amide bonds. The highest BCUT2D eigenvalue weighted by molar-refractivity contribution is 5.89. The van der Waals surface area contributed by atoms with Crippen LogP contribution in [0.15, 0.2) is 24.3 Å². The van der Waals surface area contributed by atoms with E-state index in [0.29, 0.717) is 6.54 Å². The molecule has 6 nitrogen and oxygen atoms in total. The average molecular weight is 306 g/mol. The molecule has 22 heavy (non-hydrogen) atoms. The largest absolute Gasteiger partial charge is 0.497 e. The van der Waals surface area contributed by atoms with Crippen molar-refractivity contribution in [2.24, 2.45) is 5.92 Å². The summed E-state index contributed by atoms with van der Waals surface area (Å²) in [6.07, 6.45) is 0.229. The van der Waals surface area contributed by atoms with E-state index in [2.05, 4.69) is 0 Å². The van der Waals surface area contributed by atoms with Gasteiger partial charge in [-0.3, -0.25) is 14.4 Å². The highest BCUT2D eigenvalue weighted by Gasteiger charge is 2.38. The molecule has 2 atom stereocenters. The van der Waals surface area contributed by atoms with Gasteiger partial charge in [-0.25, -0.2) is 5.06 Å². The Balaban J connectivity index is 2.08. The van der Waals surface area contributed by atoms with Crippen molar-refractivity contribution in [2.45, 2.75) is 19.4 Å². The minimum atomic E-state index is -0.349. The van der Waals surface area contributed by atoms with E-state index in [9.17, 15) is 9.59 Å². The van der Waals surface area contributed by atoms with Gasteiger partial charge in [0, 0.05) is 20.0 Å². The number of nitrogens with zero attached hydrogens (tertiary/aromatic N) is 2. The minimum absolute atomic E-state index is 0.00817. The van der Waals surface area contributed by atoms with E-state index in [4.69, 9.17) is 9.57 Å². The summed E-state index contributed by atoms with van der Waals surface area (Å²) in [6.45, 7) is 2.38. The van der Waals surface area contributed by atoms with E-state index in [-0.39, 0.29) is 30.2 Å². The molecule has 1 aliphatic rings. The molecular weight excluding hydrogens is 284 g/mol. The molecule has 0 saturated carbocycles. The van der Waals surface area contributed by atoms with E-state index in [0.717, 1.165) is 11.3 Å². The Labute approximate surface area is 130 Å². The number of benzene rings is 1. The van der Waals surface area contributed by atoms with Crippen molar-refractivity contribution in [3.05, 3.63) is 29.8 Å². The van der Waals surface area contributed by atoms with Crippen molar-refractivity contribution in [1.29, 1.82) is 0 Å². The Morgan fingerprint density at radius 1 is 1.32 bits per heavy atom. The van der Waals surface area contributed by atoms with Gasteiger partial charge in [0.05, 0.1) is 26.2 Å². The smallest absolute Gasteiger partial charge is 0.251 e. The molecule has 0 bridgehead atoms. The average Bonchev–Trinajstić information content (AvgIpc) is 2.94. The van der Waals surface area contributed by atoms with Gasteiger partial charge in [-0.2, -0.15) is 0 Å². The maximum Gasteiger partial charge on any atom is 0.251 e. The third kappa shape index (κ3) is 3.22. The second-order valence-electron chi connectivity index (χ2n) is 5.41. The van der Waals surface area contributed by atoms with Crippen LogP contribution >= 0.6 is 0 Å². The lowest BCUT2D eigenvalue weighted by atomic mass is 10.1. The second-order valence-corrected chi connectivity index (χ2v) is 5.41. The molecule has 2 rings (SSSR count). The topological polar surface area (TPSA) is 59.1 Å². The zero-order valence-electron chi connectivity index (χ0n) is 13.4. The van der Waals surface area contributed by atoms with Crippen LogP contribution in [0, 0.1) is 5.92 Å². The van der Waals surface area contributed by atoms with Gasteiger partial charge in [0.15, 0.2) is 0 Å². The number of hydrogen-bond acceptors (Lipinski definition) is 4. The zero-order valence-corrected chi connectivity index (χ0v) is 13.4. The normalized spacial score (nSPS) is 19.2. The lowest BCUT2D eigenvalue weighted by molar-refractivity contribution is -0.173. The molecule has 0 radical (unpaired) electrons. The van der Waals surface area contributed by atoms with Crippen molar-refractivity contribution in [3.8, 4) is 5.75 Å². The number of carbonyl (C=O) groups is 2. The van der Waals surface area contributed by atoms with E-state index < -0.39 is 0 Å². The molecule has 1 aliphatic heterocycles. The monoisotopic (exact) mass is 306 g/mol. The first-order chi connectivity index (χ1) is 10.5. The predicted octanol–water partition coefficient (Wildman–Crippen LogP) is 1.62. The first-order valence-electron chi connectivity index (χ1n) is 7.23. The fourth-order valence-corrected chi connectivity index (χ4v) is 2.68. The number of amides is 2. The third-order valence-electron chi connectivity index (χ3n) is 4.16. The van der Waals surface area contributed by atoms with Gasteiger partial charge in [0.1, 0.15) is 5.75 Å². The summed E-state index contributed by atoms with van der Waals surface area (Å²) in [7, 11) is 4.61. The van der Waals surface area contributed by atoms with Crippen LogP contribution in [0.2, 0.25) is 0 Å². The predicted molar refractivity (Wildman–Crippen MR) is 81.0 cm³/mol. The quantitative estimate of drug-likeness (QED) is 0.776. The number of rotatable bonds is 5. The van der Waals surface area contributed by atoms with Crippen molar-refractivity contribution in [2.75, 3.05) is 27.8 Å². The summed E-state index contributed by atoms with van der Waals surface area (Å²) in [5.74, 6) is 0.253. The van der Waals surface area contributed by atoms with Crippen LogP contribution in [0.3, 0.4) is 0 Å². The van der Waals surface area contributed by atoms with E-state index >= 15 is 0 Å². The molecule has 0 unspecified atom stereocenters. The van der Waals surface area contributed by atoms with Gasteiger partial charge in [-0.1, -0.05) is 12.1 Å². The highest BCUT2D eigenvalue weighted by atomic mass is 16.7. The first-order valence-corrected chi connectivity index (χ1v) is 7.23. The third-order valence-corrected chi connectivity index (χ3v) is 4.16. The maximum absolute atomic E-state index is 12.2. The SMILES string of the molecule is COc1ccc([C@@H](C)N2C[C@H](C(=O)N(C)OC)CC2=O)cc1. The van der Waals surface area contributed by atoms with Crippen molar-refractivity contribution in [1.82, 2.24) is 9.96 Å². The summed E-state index contributed by atoms with van der Waals surface area (Å²) in [5, 5.41) is 1.18. The van der Waals surface area contributed by atoms with Crippen LogP contribution in [0.1, 0.15) is 24.9 Å². The molecule has 1 saturated heterocycles.